The number of para-hydroxylation sites is 1. The molecule has 1 heteroatoms. The molecule has 1 nitrogen and oxygen atoms in total. The lowest BCUT2D eigenvalue weighted by Gasteiger charge is -2.22. The van der Waals surface area contributed by atoms with E-state index >= 15 is 0 Å². The molecule has 15 heavy (non-hydrogen) atoms. The summed E-state index contributed by atoms with van der Waals surface area (Å²) in [5, 5.41) is 3.65. The molecule has 80 valence electrons. The van der Waals surface area contributed by atoms with E-state index in [9.17, 15) is 0 Å². The largest absolute Gasteiger partial charge is 0.384 e. The number of benzene rings is 1. The van der Waals surface area contributed by atoms with Crippen LogP contribution in [0.5, 0.6) is 0 Å². The molecule has 1 spiro atoms. The molecule has 0 atom stereocenters. The Morgan fingerprint density at radius 3 is 2.80 bits per heavy atom. The second kappa shape index (κ2) is 3.26. The van der Waals surface area contributed by atoms with Crippen LogP contribution in [-0.4, -0.2) is 6.54 Å². The van der Waals surface area contributed by atoms with Gasteiger partial charge in [-0.25, -0.2) is 0 Å². The Hall–Kier alpha value is -0.980. The molecule has 1 aliphatic heterocycles. The second-order valence-corrected chi connectivity index (χ2v) is 5.03. The van der Waals surface area contributed by atoms with Gasteiger partial charge in [-0.05, 0) is 30.4 Å². The highest BCUT2D eigenvalue weighted by molar-refractivity contribution is 5.65. The van der Waals surface area contributed by atoms with Crippen molar-refractivity contribution in [2.75, 3.05) is 11.9 Å². The molecular weight excluding hydrogens is 182 g/mol. The molecule has 1 fully saturated rings. The molecule has 1 N–H and O–H groups in total. The van der Waals surface area contributed by atoms with Crippen molar-refractivity contribution < 1.29 is 0 Å². The maximum absolute atomic E-state index is 3.65. The van der Waals surface area contributed by atoms with Crippen molar-refractivity contribution in [3.63, 3.8) is 0 Å². The third kappa shape index (κ3) is 1.22. The van der Waals surface area contributed by atoms with E-state index in [1.807, 2.05) is 0 Å². The predicted molar refractivity (Wildman–Crippen MR) is 64.5 cm³/mol. The molecule has 1 aromatic carbocycles. The van der Waals surface area contributed by atoms with Crippen LogP contribution in [0.2, 0.25) is 0 Å². The lowest BCUT2D eigenvalue weighted by Crippen LogP contribution is -2.23. The highest BCUT2D eigenvalue weighted by Crippen LogP contribution is 2.48. The fourth-order valence-electron chi connectivity index (χ4n) is 3.40. The first-order valence-electron chi connectivity index (χ1n) is 6.22. The Morgan fingerprint density at radius 2 is 2.07 bits per heavy atom. The fourth-order valence-corrected chi connectivity index (χ4v) is 3.40. The summed E-state index contributed by atoms with van der Waals surface area (Å²) in [6.45, 7) is 3.43. The Kier molecular flexibility index (Phi) is 2.01. The van der Waals surface area contributed by atoms with Gasteiger partial charge in [0.05, 0.1) is 0 Å². The lowest BCUT2D eigenvalue weighted by atomic mass is 9.80. The van der Waals surface area contributed by atoms with Gasteiger partial charge in [0.2, 0.25) is 0 Å². The minimum absolute atomic E-state index is 0.501. The molecule has 1 aromatic rings. The monoisotopic (exact) mass is 201 g/mol. The van der Waals surface area contributed by atoms with Crippen LogP contribution in [0.1, 0.15) is 43.7 Å². The summed E-state index contributed by atoms with van der Waals surface area (Å²) in [5.74, 6) is 0. The van der Waals surface area contributed by atoms with Gasteiger partial charge in [-0.3, -0.25) is 0 Å². The zero-order valence-corrected chi connectivity index (χ0v) is 9.47. The van der Waals surface area contributed by atoms with E-state index < -0.39 is 0 Å². The third-order valence-corrected chi connectivity index (χ3v) is 4.27. The molecule has 0 amide bonds. The van der Waals surface area contributed by atoms with Crippen LogP contribution in [0.4, 0.5) is 5.69 Å². The van der Waals surface area contributed by atoms with Gasteiger partial charge in [-0.15, -0.1) is 0 Å². The highest BCUT2D eigenvalue weighted by atomic mass is 14.9. The summed E-state index contributed by atoms with van der Waals surface area (Å²) >= 11 is 0. The maximum atomic E-state index is 3.65. The van der Waals surface area contributed by atoms with Crippen LogP contribution >= 0.6 is 0 Å². The lowest BCUT2D eigenvalue weighted by molar-refractivity contribution is 0.489. The smallest absolute Gasteiger partial charge is 0.0411 e. The summed E-state index contributed by atoms with van der Waals surface area (Å²) in [5.41, 5.74) is 5.07. The van der Waals surface area contributed by atoms with E-state index in [0.29, 0.717) is 5.41 Å². The minimum atomic E-state index is 0.501. The van der Waals surface area contributed by atoms with Crippen LogP contribution in [0.15, 0.2) is 18.2 Å². The number of rotatable bonds is 1. The number of hydrogen-bond acceptors (Lipinski definition) is 1. The van der Waals surface area contributed by atoms with Crippen LogP contribution < -0.4 is 5.32 Å². The van der Waals surface area contributed by atoms with E-state index in [1.54, 1.807) is 5.56 Å². The van der Waals surface area contributed by atoms with Crippen molar-refractivity contribution in [2.45, 2.75) is 44.4 Å². The maximum Gasteiger partial charge on any atom is 0.0411 e. The first kappa shape index (κ1) is 9.26. The molecule has 0 bridgehead atoms. The Labute approximate surface area is 91.9 Å². The van der Waals surface area contributed by atoms with Crippen LogP contribution in [0.3, 0.4) is 0 Å². The Balaban J connectivity index is 2.10. The van der Waals surface area contributed by atoms with Crippen molar-refractivity contribution >= 4 is 5.69 Å². The zero-order chi connectivity index (χ0) is 10.3. The molecule has 1 saturated carbocycles. The molecule has 0 radical (unpaired) electrons. The Bertz CT molecular complexity index is 375. The topological polar surface area (TPSA) is 12.0 Å². The minimum Gasteiger partial charge on any atom is -0.384 e. The summed E-state index contributed by atoms with van der Waals surface area (Å²) in [6, 6.07) is 6.85. The van der Waals surface area contributed by atoms with Crippen molar-refractivity contribution in [2.24, 2.45) is 0 Å². The van der Waals surface area contributed by atoms with E-state index in [4.69, 9.17) is 0 Å². The van der Waals surface area contributed by atoms with Gasteiger partial charge in [0.15, 0.2) is 0 Å². The molecule has 0 unspecified atom stereocenters. The number of aryl methyl sites for hydroxylation is 1. The Morgan fingerprint density at radius 1 is 1.27 bits per heavy atom. The summed E-state index contributed by atoms with van der Waals surface area (Å²) < 4.78 is 0. The second-order valence-electron chi connectivity index (χ2n) is 5.03. The molecule has 1 heterocycles. The number of nitrogens with one attached hydrogen (secondary N) is 1. The van der Waals surface area contributed by atoms with Gasteiger partial charge in [0, 0.05) is 17.6 Å². The highest BCUT2D eigenvalue weighted by Gasteiger charge is 2.41. The van der Waals surface area contributed by atoms with Gasteiger partial charge in [0.1, 0.15) is 0 Å². The quantitative estimate of drug-likeness (QED) is 0.733. The van der Waals surface area contributed by atoms with Gasteiger partial charge in [-0.1, -0.05) is 38.0 Å². The summed E-state index contributed by atoms with van der Waals surface area (Å²) in [6.07, 6.45) is 6.75. The first-order valence-corrected chi connectivity index (χ1v) is 6.22. The molecule has 2 aliphatic rings. The third-order valence-electron chi connectivity index (χ3n) is 4.27. The normalized spacial score (nSPS) is 21.7. The van der Waals surface area contributed by atoms with Gasteiger partial charge < -0.3 is 5.32 Å². The van der Waals surface area contributed by atoms with Gasteiger partial charge in [0.25, 0.3) is 0 Å². The molecule has 0 aromatic heterocycles. The van der Waals surface area contributed by atoms with Gasteiger partial charge in [-0.2, -0.15) is 0 Å². The number of anilines is 1. The van der Waals surface area contributed by atoms with Crippen molar-refractivity contribution in [1.82, 2.24) is 0 Å². The summed E-state index contributed by atoms with van der Waals surface area (Å²) in [7, 11) is 0. The average Bonchev–Trinajstić information content (AvgIpc) is 2.89. The van der Waals surface area contributed by atoms with E-state index in [-0.39, 0.29) is 0 Å². The van der Waals surface area contributed by atoms with Crippen molar-refractivity contribution in [1.29, 1.82) is 0 Å². The predicted octanol–water partition coefficient (Wildman–Crippen LogP) is 3.49. The fraction of sp³-hybridized carbons (Fsp3) is 0.571. The van der Waals surface area contributed by atoms with E-state index in [0.717, 1.165) is 6.42 Å². The number of hydrogen-bond donors (Lipinski definition) is 1. The van der Waals surface area contributed by atoms with E-state index in [2.05, 4.69) is 30.4 Å². The molecule has 0 saturated heterocycles. The van der Waals surface area contributed by atoms with Crippen LogP contribution in [0, 0.1) is 0 Å². The molecular formula is C14H19N. The van der Waals surface area contributed by atoms with Crippen molar-refractivity contribution in [3.8, 4) is 0 Å². The van der Waals surface area contributed by atoms with Crippen molar-refractivity contribution in [3.05, 3.63) is 29.3 Å². The van der Waals surface area contributed by atoms with Crippen LogP contribution in [0.25, 0.3) is 0 Å². The number of fused-ring (bicyclic) bond motifs is 2. The zero-order valence-electron chi connectivity index (χ0n) is 9.47. The standard InChI is InChI=1S/C14H19N/c1-2-11-6-5-7-12-13(11)15-10-14(12)8-3-4-9-14/h5-7,15H,2-4,8-10H2,1H3. The van der Waals surface area contributed by atoms with Crippen LogP contribution in [-0.2, 0) is 11.8 Å². The first-order chi connectivity index (χ1) is 7.36. The average molecular weight is 201 g/mol. The summed E-state index contributed by atoms with van der Waals surface area (Å²) in [4.78, 5) is 0. The molecule has 3 rings (SSSR count). The molecule has 1 aliphatic carbocycles. The van der Waals surface area contributed by atoms with Gasteiger partial charge >= 0.3 is 0 Å². The van der Waals surface area contributed by atoms with E-state index in [1.165, 1.54) is 43.5 Å². The SMILES string of the molecule is CCc1cccc2c1NCC21CCCC1.